The van der Waals surface area contributed by atoms with Gasteiger partial charge in [0.05, 0.1) is 5.60 Å². The first-order valence-electron chi connectivity index (χ1n) is 7.86. The maximum Gasteiger partial charge on any atom is 0.0809 e. The van der Waals surface area contributed by atoms with Crippen molar-refractivity contribution in [3.05, 3.63) is 0 Å². The SMILES string of the molecule is CNC(C1CC(C)CC(C)C1)C1(C)CCCCO1. The van der Waals surface area contributed by atoms with Gasteiger partial charge in [-0.15, -0.1) is 0 Å². The summed E-state index contributed by atoms with van der Waals surface area (Å²) < 4.78 is 6.18. The molecule has 18 heavy (non-hydrogen) atoms. The monoisotopic (exact) mass is 253 g/mol. The molecule has 2 nitrogen and oxygen atoms in total. The minimum absolute atomic E-state index is 0.0639. The lowest BCUT2D eigenvalue weighted by Crippen LogP contribution is -2.56. The van der Waals surface area contributed by atoms with E-state index in [1.165, 1.54) is 38.5 Å². The predicted octanol–water partition coefficient (Wildman–Crippen LogP) is 3.61. The molecule has 0 bridgehead atoms. The van der Waals surface area contributed by atoms with Gasteiger partial charge in [-0.05, 0) is 70.3 Å². The van der Waals surface area contributed by atoms with Crippen molar-refractivity contribution in [3.63, 3.8) is 0 Å². The van der Waals surface area contributed by atoms with Crippen LogP contribution in [-0.2, 0) is 4.74 Å². The molecule has 4 atom stereocenters. The summed E-state index contributed by atoms with van der Waals surface area (Å²) in [7, 11) is 2.12. The Hall–Kier alpha value is -0.0800. The van der Waals surface area contributed by atoms with Crippen molar-refractivity contribution in [2.75, 3.05) is 13.7 Å². The Labute approximate surface area is 113 Å². The van der Waals surface area contributed by atoms with E-state index in [4.69, 9.17) is 4.74 Å². The van der Waals surface area contributed by atoms with Gasteiger partial charge in [0.15, 0.2) is 0 Å². The van der Waals surface area contributed by atoms with Crippen LogP contribution < -0.4 is 5.32 Å². The quantitative estimate of drug-likeness (QED) is 0.829. The van der Waals surface area contributed by atoms with Crippen molar-refractivity contribution >= 4 is 0 Å². The Bertz CT molecular complexity index is 250. The third kappa shape index (κ3) is 3.08. The molecule has 2 aliphatic rings. The van der Waals surface area contributed by atoms with Gasteiger partial charge in [0, 0.05) is 12.6 Å². The first-order valence-corrected chi connectivity index (χ1v) is 7.86. The van der Waals surface area contributed by atoms with Gasteiger partial charge in [-0.25, -0.2) is 0 Å². The zero-order valence-corrected chi connectivity index (χ0v) is 12.7. The van der Waals surface area contributed by atoms with Crippen molar-refractivity contribution < 1.29 is 4.74 Å². The molecular weight excluding hydrogens is 222 g/mol. The Morgan fingerprint density at radius 3 is 2.28 bits per heavy atom. The summed E-state index contributed by atoms with van der Waals surface area (Å²) in [5, 5.41) is 3.60. The van der Waals surface area contributed by atoms with Crippen LogP contribution in [-0.4, -0.2) is 25.3 Å². The first kappa shape index (κ1) is 14.3. The standard InChI is InChI=1S/C16H31NO/c1-12-9-13(2)11-14(10-12)15(17-4)16(3)7-5-6-8-18-16/h12-15,17H,5-11H2,1-4H3. The third-order valence-corrected chi connectivity index (χ3v) is 5.15. The van der Waals surface area contributed by atoms with Gasteiger partial charge in [0.25, 0.3) is 0 Å². The summed E-state index contributed by atoms with van der Waals surface area (Å²) in [5.41, 5.74) is 0.0639. The van der Waals surface area contributed by atoms with E-state index < -0.39 is 0 Å². The average molecular weight is 253 g/mol. The van der Waals surface area contributed by atoms with E-state index in [1.54, 1.807) is 0 Å². The summed E-state index contributed by atoms with van der Waals surface area (Å²) in [6.07, 6.45) is 7.93. The van der Waals surface area contributed by atoms with Crippen molar-refractivity contribution in [2.24, 2.45) is 17.8 Å². The smallest absolute Gasteiger partial charge is 0.0809 e. The highest BCUT2D eigenvalue weighted by molar-refractivity contribution is 4.96. The second-order valence-electron chi connectivity index (χ2n) is 7.06. The average Bonchev–Trinajstić information content (AvgIpc) is 2.29. The molecule has 1 heterocycles. The number of hydrogen-bond acceptors (Lipinski definition) is 2. The fourth-order valence-corrected chi connectivity index (χ4v) is 4.52. The Balaban J connectivity index is 2.06. The van der Waals surface area contributed by atoms with Gasteiger partial charge >= 0.3 is 0 Å². The molecule has 0 aromatic carbocycles. The van der Waals surface area contributed by atoms with Crippen molar-refractivity contribution in [1.29, 1.82) is 0 Å². The van der Waals surface area contributed by atoms with Gasteiger partial charge < -0.3 is 10.1 Å². The number of nitrogens with one attached hydrogen (secondary N) is 1. The van der Waals surface area contributed by atoms with E-state index in [-0.39, 0.29) is 5.60 Å². The van der Waals surface area contributed by atoms with Crippen LogP contribution in [0.4, 0.5) is 0 Å². The van der Waals surface area contributed by atoms with E-state index in [0.717, 1.165) is 24.4 Å². The lowest BCUT2D eigenvalue weighted by molar-refractivity contribution is -0.105. The van der Waals surface area contributed by atoms with E-state index in [9.17, 15) is 0 Å². The molecule has 1 aliphatic carbocycles. The Morgan fingerprint density at radius 2 is 1.78 bits per heavy atom. The number of rotatable bonds is 3. The van der Waals surface area contributed by atoms with Crippen LogP contribution in [0.3, 0.4) is 0 Å². The lowest BCUT2D eigenvalue weighted by atomic mass is 9.69. The van der Waals surface area contributed by atoms with E-state index in [0.29, 0.717) is 6.04 Å². The second-order valence-corrected chi connectivity index (χ2v) is 7.06. The van der Waals surface area contributed by atoms with Gasteiger partial charge in [-0.2, -0.15) is 0 Å². The highest BCUT2D eigenvalue weighted by atomic mass is 16.5. The number of hydrogen-bond donors (Lipinski definition) is 1. The molecule has 0 aromatic heterocycles. The fraction of sp³-hybridized carbons (Fsp3) is 1.00. The zero-order valence-electron chi connectivity index (χ0n) is 12.7. The van der Waals surface area contributed by atoms with Gasteiger partial charge in [0.2, 0.25) is 0 Å². The zero-order chi connectivity index (χ0) is 13.2. The summed E-state index contributed by atoms with van der Waals surface area (Å²) in [5.74, 6) is 2.54. The summed E-state index contributed by atoms with van der Waals surface area (Å²) >= 11 is 0. The normalized spacial score (nSPS) is 43.7. The van der Waals surface area contributed by atoms with Crippen molar-refractivity contribution in [3.8, 4) is 0 Å². The third-order valence-electron chi connectivity index (χ3n) is 5.15. The molecule has 2 rings (SSSR count). The molecule has 1 saturated heterocycles. The van der Waals surface area contributed by atoms with Crippen LogP contribution in [0.25, 0.3) is 0 Å². The molecule has 1 aliphatic heterocycles. The van der Waals surface area contributed by atoms with Crippen LogP contribution >= 0.6 is 0 Å². The van der Waals surface area contributed by atoms with E-state index >= 15 is 0 Å². The summed E-state index contributed by atoms with van der Waals surface area (Å²) in [6, 6.07) is 0.531. The maximum absolute atomic E-state index is 6.18. The van der Waals surface area contributed by atoms with E-state index in [1.807, 2.05) is 0 Å². The van der Waals surface area contributed by atoms with Crippen LogP contribution in [0.5, 0.6) is 0 Å². The molecule has 1 N–H and O–H groups in total. The van der Waals surface area contributed by atoms with Crippen LogP contribution in [0.15, 0.2) is 0 Å². The first-order chi connectivity index (χ1) is 8.55. The largest absolute Gasteiger partial charge is 0.374 e. The van der Waals surface area contributed by atoms with Gasteiger partial charge in [0.1, 0.15) is 0 Å². The molecule has 106 valence electrons. The maximum atomic E-state index is 6.18. The van der Waals surface area contributed by atoms with Crippen molar-refractivity contribution in [1.82, 2.24) is 5.32 Å². The van der Waals surface area contributed by atoms with Crippen LogP contribution in [0, 0.1) is 17.8 Å². The minimum Gasteiger partial charge on any atom is -0.374 e. The minimum atomic E-state index is 0.0639. The van der Waals surface area contributed by atoms with Crippen LogP contribution in [0.2, 0.25) is 0 Å². The molecule has 1 saturated carbocycles. The fourth-order valence-electron chi connectivity index (χ4n) is 4.52. The molecular formula is C16H31NO. The highest BCUT2D eigenvalue weighted by Gasteiger charge is 2.42. The lowest BCUT2D eigenvalue weighted by Gasteiger charge is -2.47. The number of likely N-dealkylation sites (N-methyl/N-ethyl adjacent to an activating group) is 1. The predicted molar refractivity (Wildman–Crippen MR) is 76.7 cm³/mol. The molecule has 2 fully saturated rings. The summed E-state index contributed by atoms with van der Waals surface area (Å²) in [6.45, 7) is 8.11. The Kier molecular flexibility index (Phi) is 4.71. The molecule has 0 amide bonds. The second kappa shape index (κ2) is 5.92. The number of ether oxygens (including phenoxy) is 1. The van der Waals surface area contributed by atoms with Crippen LogP contribution in [0.1, 0.15) is 59.3 Å². The van der Waals surface area contributed by atoms with Crippen molar-refractivity contribution in [2.45, 2.75) is 70.9 Å². The van der Waals surface area contributed by atoms with Gasteiger partial charge in [-0.3, -0.25) is 0 Å². The molecule has 4 unspecified atom stereocenters. The Morgan fingerprint density at radius 1 is 1.11 bits per heavy atom. The molecule has 2 heteroatoms. The molecule has 0 radical (unpaired) electrons. The summed E-state index contributed by atoms with van der Waals surface area (Å²) in [4.78, 5) is 0. The van der Waals surface area contributed by atoms with E-state index in [2.05, 4.69) is 33.1 Å². The topological polar surface area (TPSA) is 21.3 Å². The molecule has 0 aromatic rings. The highest BCUT2D eigenvalue weighted by Crippen LogP contribution is 2.40. The van der Waals surface area contributed by atoms with Gasteiger partial charge in [-0.1, -0.05) is 13.8 Å². The molecule has 0 spiro atoms.